The van der Waals surface area contributed by atoms with Gasteiger partial charge in [-0.3, -0.25) is 18.9 Å². The standard InChI is InChI=1S/C10H15N2O7PS/c1-5-2-12(10(15)11-8(5)14)9-7(13)6(3-19-9)21-4-20(16,17)18/h2,6-7,9,13H,3-4H2,1H3,(H,11,14,15)(H2,16,17,18)/t6-,7+,9+/m0/s1. The van der Waals surface area contributed by atoms with E-state index in [2.05, 4.69) is 4.98 Å². The summed E-state index contributed by atoms with van der Waals surface area (Å²) in [5, 5.41) is 9.57. The summed E-state index contributed by atoms with van der Waals surface area (Å²) in [5.41, 5.74) is -1.38. The van der Waals surface area contributed by atoms with Crippen LogP contribution in [-0.2, 0) is 9.30 Å². The first-order valence-electron chi connectivity index (χ1n) is 5.97. The van der Waals surface area contributed by atoms with Crippen LogP contribution in [0.5, 0.6) is 0 Å². The van der Waals surface area contributed by atoms with Gasteiger partial charge in [0.15, 0.2) is 6.23 Å². The van der Waals surface area contributed by atoms with E-state index in [-0.39, 0.29) is 12.2 Å². The van der Waals surface area contributed by atoms with Crippen LogP contribution in [0.1, 0.15) is 11.8 Å². The molecule has 0 saturated carbocycles. The molecule has 1 saturated heterocycles. The van der Waals surface area contributed by atoms with Gasteiger partial charge in [-0.15, -0.1) is 11.8 Å². The summed E-state index contributed by atoms with van der Waals surface area (Å²) in [5.74, 6) is 0. The van der Waals surface area contributed by atoms with Gasteiger partial charge in [-0.2, -0.15) is 0 Å². The van der Waals surface area contributed by atoms with Gasteiger partial charge in [-0.25, -0.2) is 4.79 Å². The number of hydrogen-bond donors (Lipinski definition) is 4. The van der Waals surface area contributed by atoms with E-state index in [1.165, 1.54) is 13.1 Å². The lowest BCUT2D eigenvalue weighted by Gasteiger charge is -2.19. The molecule has 118 valence electrons. The Balaban J connectivity index is 2.17. The number of H-pyrrole nitrogens is 1. The fourth-order valence-electron chi connectivity index (χ4n) is 1.93. The summed E-state index contributed by atoms with van der Waals surface area (Å²) in [6.45, 7) is 1.55. The van der Waals surface area contributed by atoms with Crippen LogP contribution in [-0.4, -0.2) is 47.9 Å². The van der Waals surface area contributed by atoms with Gasteiger partial charge in [0.1, 0.15) is 6.10 Å². The van der Waals surface area contributed by atoms with Crippen LogP contribution in [0.3, 0.4) is 0 Å². The number of rotatable bonds is 4. The summed E-state index contributed by atoms with van der Waals surface area (Å²) in [7, 11) is -4.18. The first-order valence-corrected chi connectivity index (χ1v) is 8.81. The lowest BCUT2D eigenvalue weighted by Crippen LogP contribution is -2.37. The van der Waals surface area contributed by atoms with Crippen molar-refractivity contribution < 1.29 is 24.2 Å². The quantitative estimate of drug-likeness (QED) is 0.511. The van der Waals surface area contributed by atoms with Crippen LogP contribution in [0, 0.1) is 6.92 Å². The van der Waals surface area contributed by atoms with Crippen LogP contribution in [0.2, 0.25) is 0 Å². The average Bonchev–Trinajstić information content (AvgIpc) is 2.72. The molecular formula is C10H15N2O7PS. The number of hydrogen-bond acceptors (Lipinski definition) is 6. The maximum Gasteiger partial charge on any atom is 0.335 e. The minimum Gasteiger partial charge on any atom is -0.387 e. The number of thioether (sulfide) groups is 1. The van der Waals surface area contributed by atoms with E-state index in [0.717, 1.165) is 16.3 Å². The van der Waals surface area contributed by atoms with Crippen molar-refractivity contribution in [2.24, 2.45) is 0 Å². The maximum atomic E-state index is 11.7. The van der Waals surface area contributed by atoms with Gasteiger partial charge in [-0.05, 0) is 6.92 Å². The largest absolute Gasteiger partial charge is 0.387 e. The highest BCUT2D eigenvalue weighted by molar-refractivity contribution is 8.05. The second-order valence-electron chi connectivity index (χ2n) is 4.69. The van der Waals surface area contributed by atoms with Gasteiger partial charge in [-0.1, -0.05) is 0 Å². The van der Waals surface area contributed by atoms with E-state index in [4.69, 9.17) is 14.5 Å². The number of nitrogens with one attached hydrogen (secondary N) is 1. The number of ether oxygens (including phenoxy) is 1. The van der Waals surface area contributed by atoms with Crippen molar-refractivity contribution in [2.75, 3.05) is 12.1 Å². The predicted octanol–water partition coefficient (Wildman–Crippen LogP) is -1.03. The number of aromatic amines is 1. The number of aromatic nitrogens is 2. The van der Waals surface area contributed by atoms with Crippen molar-refractivity contribution in [3.8, 4) is 0 Å². The first-order chi connectivity index (χ1) is 9.69. The smallest absolute Gasteiger partial charge is 0.335 e. The molecule has 0 amide bonds. The van der Waals surface area contributed by atoms with E-state index in [0.29, 0.717) is 0 Å². The van der Waals surface area contributed by atoms with E-state index >= 15 is 0 Å². The molecule has 2 heterocycles. The highest BCUT2D eigenvalue weighted by Gasteiger charge is 2.39. The van der Waals surface area contributed by atoms with Crippen molar-refractivity contribution in [2.45, 2.75) is 24.5 Å². The van der Waals surface area contributed by atoms with Crippen molar-refractivity contribution in [1.29, 1.82) is 0 Å². The lowest BCUT2D eigenvalue weighted by molar-refractivity contribution is -0.0118. The fraction of sp³-hybridized carbons (Fsp3) is 0.600. The number of nitrogens with zero attached hydrogens (tertiary/aromatic N) is 1. The molecule has 9 nitrogen and oxygen atoms in total. The van der Waals surface area contributed by atoms with Crippen LogP contribution in [0.25, 0.3) is 0 Å². The third-order valence-corrected chi connectivity index (χ3v) is 5.77. The normalized spacial score (nSPS) is 26.2. The minimum atomic E-state index is -4.18. The Bertz CT molecular complexity index is 681. The Labute approximate surface area is 123 Å². The highest BCUT2D eigenvalue weighted by Crippen LogP contribution is 2.42. The van der Waals surface area contributed by atoms with Gasteiger partial charge >= 0.3 is 13.3 Å². The van der Waals surface area contributed by atoms with Crippen molar-refractivity contribution in [3.05, 3.63) is 32.6 Å². The second-order valence-corrected chi connectivity index (χ2v) is 7.99. The number of aryl methyl sites for hydroxylation is 1. The van der Waals surface area contributed by atoms with Gasteiger partial charge in [0.05, 0.1) is 17.4 Å². The summed E-state index contributed by atoms with van der Waals surface area (Å²) in [6.07, 6.45) is -0.836. The van der Waals surface area contributed by atoms with E-state index in [9.17, 15) is 19.3 Å². The van der Waals surface area contributed by atoms with Crippen molar-refractivity contribution >= 4 is 19.4 Å². The molecule has 0 aromatic carbocycles. The zero-order valence-corrected chi connectivity index (χ0v) is 12.7. The molecule has 1 aliphatic heterocycles. The van der Waals surface area contributed by atoms with Crippen LogP contribution >= 0.6 is 19.4 Å². The molecule has 2 rings (SSSR count). The third-order valence-electron chi connectivity index (χ3n) is 2.98. The predicted molar refractivity (Wildman–Crippen MR) is 75.3 cm³/mol. The highest BCUT2D eigenvalue weighted by atomic mass is 32.2. The fourth-order valence-corrected chi connectivity index (χ4v) is 3.98. The van der Waals surface area contributed by atoms with Crippen molar-refractivity contribution in [3.63, 3.8) is 0 Å². The van der Waals surface area contributed by atoms with Crippen molar-refractivity contribution in [1.82, 2.24) is 9.55 Å². The Kier molecular flexibility index (Phi) is 4.76. The topological polar surface area (TPSA) is 142 Å². The molecule has 3 atom stereocenters. The van der Waals surface area contributed by atoms with Crippen LogP contribution in [0.15, 0.2) is 15.8 Å². The Hall–Kier alpha value is -0.900. The molecule has 4 N–H and O–H groups in total. The van der Waals surface area contributed by atoms with E-state index in [1.54, 1.807) is 0 Å². The van der Waals surface area contributed by atoms with E-state index in [1.807, 2.05) is 0 Å². The summed E-state index contributed by atoms with van der Waals surface area (Å²) >= 11 is 0.885. The molecule has 1 aliphatic rings. The van der Waals surface area contributed by atoms with Crippen LogP contribution in [0.4, 0.5) is 0 Å². The van der Waals surface area contributed by atoms with Gasteiger partial charge in [0.2, 0.25) is 0 Å². The maximum absolute atomic E-state index is 11.7. The Morgan fingerprint density at radius 1 is 1.52 bits per heavy atom. The van der Waals surface area contributed by atoms with Gasteiger partial charge in [0.25, 0.3) is 5.56 Å². The third kappa shape index (κ3) is 3.85. The SMILES string of the molecule is Cc1cn([C@@H]2OC[C@H](SCP(=O)(O)O)[C@H]2O)c(=O)[nH]c1=O. The molecule has 1 fully saturated rings. The number of aliphatic hydroxyl groups excluding tert-OH is 1. The molecule has 1 aromatic rings. The lowest BCUT2D eigenvalue weighted by atomic mass is 10.2. The Morgan fingerprint density at radius 2 is 2.19 bits per heavy atom. The number of aliphatic hydroxyl groups is 1. The summed E-state index contributed by atoms with van der Waals surface area (Å²) in [4.78, 5) is 42.8. The molecular weight excluding hydrogens is 323 g/mol. The average molecular weight is 338 g/mol. The molecule has 21 heavy (non-hydrogen) atoms. The van der Waals surface area contributed by atoms with Gasteiger partial charge < -0.3 is 19.6 Å². The molecule has 0 spiro atoms. The molecule has 0 aliphatic carbocycles. The zero-order chi connectivity index (χ0) is 15.8. The van der Waals surface area contributed by atoms with Crippen LogP contribution < -0.4 is 11.2 Å². The van der Waals surface area contributed by atoms with E-state index < -0.39 is 41.9 Å². The molecule has 11 heteroatoms. The molecule has 0 unspecified atom stereocenters. The molecule has 1 aromatic heterocycles. The first kappa shape index (κ1) is 16.5. The second kappa shape index (κ2) is 6.07. The summed E-state index contributed by atoms with van der Waals surface area (Å²) < 4.78 is 17.2. The molecule has 0 bridgehead atoms. The zero-order valence-electron chi connectivity index (χ0n) is 11.0. The molecule has 0 radical (unpaired) electrons. The van der Waals surface area contributed by atoms with Gasteiger partial charge in [0, 0.05) is 11.8 Å². The monoisotopic (exact) mass is 338 g/mol. The Morgan fingerprint density at radius 3 is 2.81 bits per heavy atom. The summed E-state index contributed by atoms with van der Waals surface area (Å²) in [6, 6.07) is 0. The minimum absolute atomic E-state index is 0.0428.